The van der Waals surface area contributed by atoms with E-state index in [4.69, 9.17) is 15.5 Å². The van der Waals surface area contributed by atoms with E-state index in [0.717, 1.165) is 55.0 Å². The highest BCUT2D eigenvalue weighted by molar-refractivity contribution is 7.10. The third-order valence-electron chi connectivity index (χ3n) is 8.17. The number of carbonyl (C=O) groups is 2. The minimum atomic E-state index is -0.693. The summed E-state index contributed by atoms with van der Waals surface area (Å²) in [5.41, 5.74) is 7.57. The Kier molecular flexibility index (Phi) is 8.31. The highest BCUT2D eigenvalue weighted by Gasteiger charge is 2.32. The first-order chi connectivity index (χ1) is 20.4. The van der Waals surface area contributed by atoms with Crippen LogP contribution in [0.2, 0.25) is 0 Å². The second-order valence-corrected chi connectivity index (χ2v) is 12.0. The van der Waals surface area contributed by atoms with Crippen molar-refractivity contribution >= 4 is 40.0 Å². The van der Waals surface area contributed by atoms with Crippen LogP contribution in [0.3, 0.4) is 0 Å². The molecule has 1 aliphatic carbocycles. The molecule has 3 aliphatic rings. The number of hydrogen-bond donors (Lipinski definition) is 3. The number of hydrogen-bond acceptors (Lipinski definition) is 10. The van der Waals surface area contributed by atoms with Crippen LogP contribution in [0.25, 0.3) is 0 Å². The van der Waals surface area contributed by atoms with Gasteiger partial charge < -0.3 is 26.0 Å². The Balaban J connectivity index is 1.15. The number of benzene rings is 1. The second kappa shape index (κ2) is 12.3. The number of rotatable bonds is 9. The molecule has 0 spiro atoms. The van der Waals surface area contributed by atoms with E-state index in [9.17, 15) is 14.0 Å². The summed E-state index contributed by atoms with van der Waals surface area (Å²) in [6, 6.07) is 6.48. The Hall–Kier alpha value is -3.68. The molecule has 4 heterocycles. The molecule has 2 saturated heterocycles. The van der Waals surface area contributed by atoms with Crippen LogP contribution in [0.4, 0.5) is 21.0 Å². The van der Waals surface area contributed by atoms with Crippen molar-refractivity contribution in [2.45, 2.75) is 57.2 Å². The summed E-state index contributed by atoms with van der Waals surface area (Å²) in [5.74, 6) is -0.398. The van der Waals surface area contributed by atoms with Crippen molar-refractivity contribution in [3.05, 3.63) is 58.8 Å². The van der Waals surface area contributed by atoms with Gasteiger partial charge in [-0.3, -0.25) is 14.5 Å². The fraction of sp³-hybridized carbons (Fsp3) is 0.483. The summed E-state index contributed by atoms with van der Waals surface area (Å²) < 4.78 is 24.7. The molecule has 2 aromatic heterocycles. The van der Waals surface area contributed by atoms with Crippen LogP contribution in [0.15, 0.2) is 30.5 Å². The Morgan fingerprint density at radius 1 is 1.17 bits per heavy atom. The maximum absolute atomic E-state index is 14.8. The minimum Gasteiger partial charge on any atom is -0.379 e. The number of anilines is 3. The monoisotopic (exact) mass is 594 g/mol. The van der Waals surface area contributed by atoms with E-state index >= 15 is 0 Å². The summed E-state index contributed by atoms with van der Waals surface area (Å²) in [7, 11) is 0. The number of nitrogens with two attached hydrogens (primary N) is 1. The first kappa shape index (κ1) is 28.4. The van der Waals surface area contributed by atoms with E-state index in [1.54, 1.807) is 6.07 Å². The van der Waals surface area contributed by atoms with E-state index < -0.39 is 17.6 Å². The van der Waals surface area contributed by atoms with Gasteiger partial charge in [0.05, 0.1) is 30.7 Å². The number of piperidine rings is 1. The number of carbonyl (C=O) groups excluding carboxylic acids is 2. The van der Waals surface area contributed by atoms with Crippen LogP contribution in [0.5, 0.6) is 0 Å². The van der Waals surface area contributed by atoms with Gasteiger partial charge in [-0.25, -0.2) is 14.4 Å². The topological polar surface area (TPSA) is 139 Å². The third kappa shape index (κ3) is 6.37. The van der Waals surface area contributed by atoms with Gasteiger partial charge in [-0.15, -0.1) is 0 Å². The molecule has 13 heteroatoms. The molecule has 2 aliphatic heterocycles. The zero-order valence-electron chi connectivity index (χ0n) is 23.5. The third-order valence-corrected chi connectivity index (χ3v) is 8.91. The maximum atomic E-state index is 14.8. The quantitative estimate of drug-likeness (QED) is 0.340. The first-order valence-electron chi connectivity index (χ1n) is 14.4. The fourth-order valence-corrected chi connectivity index (χ4v) is 6.28. The van der Waals surface area contributed by atoms with Gasteiger partial charge in [-0.2, -0.15) is 4.37 Å². The number of nitrogens with zero attached hydrogens (tertiary/aromatic N) is 5. The van der Waals surface area contributed by atoms with Crippen LogP contribution in [-0.2, 0) is 11.3 Å². The highest BCUT2D eigenvalue weighted by atomic mass is 32.1. The van der Waals surface area contributed by atoms with Gasteiger partial charge in [0.2, 0.25) is 0 Å². The molecule has 0 unspecified atom stereocenters. The fourth-order valence-electron chi connectivity index (χ4n) is 5.63. The smallest absolute Gasteiger partial charge is 0.271 e. The molecule has 2 atom stereocenters. The molecule has 2 amide bonds. The minimum absolute atomic E-state index is 0.0292. The van der Waals surface area contributed by atoms with Crippen molar-refractivity contribution in [3.63, 3.8) is 0 Å². The van der Waals surface area contributed by atoms with Crippen molar-refractivity contribution in [1.82, 2.24) is 24.6 Å². The van der Waals surface area contributed by atoms with Gasteiger partial charge in [-0.05, 0) is 73.8 Å². The Bertz CT molecular complexity index is 1460. The number of ether oxygens (including phenoxy) is 1. The molecule has 3 fully saturated rings. The van der Waals surface area contributed by atoms with Crippen LogP contribution in [0.1, 0.15) is 70.6 Å². The van der Waals surface area contributed by atoms with Crippen LogP contribution >= 0.6 is 11.5 Å². The average Bonchev–Trinajstić information content (AvgIpc) is 3.75. The molecular weight excluding hydrogens is 559 g/mol. The lowest BCUT2D eigenvalue weighted by Crippen LogP contribution is -2.54. The maximum Gasteiger partial charge on any atom is 0.271 e. The molecule has 1 aromatic carbocycles. The second-order valence-electron chi connectivity index (χ2n) is 11.2. The molecule has 3 aromatic rings. The number of aromatic nitrogens is 3. The van der Waals surface area contributed by atoms with Gasteiger partial charge in [0, 0.05) is 38.3 Å². The molecule has 4 N–H and O–H groups in total. The molecule has 6 rings (SSSR count). The van der Waals surface area contributed by atoms with E-state index in [1.165, 1.54) is 23.8 Å². The van der Waals surface area contributed by atoms with Gasteiger partial charge in [0.15, 0.2) is 11.5 Å². The van der Waals surface area contributed by atoms with E-state index in [2.05, 4.69) is 24.9 Å². The predicted octanol–water partition coefficient (Wildman–Crippen LogP) is 3.41. The van der Waals surface area contributed by atoms with E-state index in [-0.39, 0.29) is 29.2 Å². The zero-order chi connectivity index (χ0) is 29.2. The lowest BCUT2D eigenvalue weighted by molar-refractivity contribution is 0.0338. The molecule has 11 nitrogen and oxygen atoms in total. The zero-order valence-corrected chi connectivity index (χ0v) is 24.3. The lowest BCUT2D eigenvalue weighted by Gasteiger charge is -2.40. The normalized spacial score (nSPS) is 21.2. The van der Waals surface area contributed by atoms with Crippen molar-refractivity contribution in [2.24, 2.45) is 5.73 Å². The average molecular weight is 595 g/mol. The largest absolute Gasteiger partial charge is 0.379 e. The SMILES string of the molecule is C[C@@H]1[C@H](NC(=O)c2ccc(C3CC3)cc2F)CCCN1c1cnc(C(N)=O)c(Nc2cc(CN3CCOCC3)ns2)n1. The number of primary amides is 1. The summed E-state index contributed by atoms with van der Waals surface area (Å²) in [4.78, 5) is 38.6. The molecule has 1 saturated carbocycles. The van der Waals surface area contributed by atoms with Crippen LogP contribution < -0.4 is 21.3 Å². The number of amides is 2. The Labute approximate surface area is 247 Å². The van der Waals surface area contributed by atoms with Crippen molar-refractivity contribution in [1.29, 1.82) is 0 Å². The summed E-state index contributed by atoms with van der Waals surface area (Å²) in [5, 5.41) is 6.95. The highest BCUT2D eigenvalue weighted by Crippen LogP contribution is 2.40. The number of halogens is 1. The lowest BCUT2D eigenvalue weighted by atomic mass is 9.96. The van der Waals surface area contributed by atoms with Crippen LogP contribution in [0, 0.1) is 5.82 Å². The van der Waals surface area contributed by atoms with Gasteiger partial charge in [0.1, 0.15) is 16.6 Å². The Morgan fingerprint density at radius 3 is 2.71 bits per heavy atom. The molecule has 0 bridgehead atoms. The number of nitrogens with one attached hydrogen (secondary N) is 2. The molecule has 42 heavy (non-hydrogen) atoms. The summed E-state index contributed by atoms with van der Waals surface area (Å²) >= 11 is 1.28. The standard InChI is InChI=1S/C29H35FN8O3S/c1-17-23(33-29(40)21-7-6-19(13-22(21)30)18-4-5-18)3-2-8-38(17)24-15-32-26(27(31)39)28(34-24)35-25-14-20(36-42-25)16-37-9-11-41-12-10-37/h6-7,13-15,17-18,23H,2-5,8-12,16H2,1H3,(H2,31,39)(H,33,40)(H,34,35)/t17-,23-/m1/s1. The van der Waals surface area contributed by atoms with E-state index in [1.807, 2.05) is 24.0 Å². The summed E-state index contributed by atoms with van der Waals surface area (Å²) in [6.45, 7) is 6.53. The van der Waals surface area contributed by atoms with Crippen molar-refractivity contribution in [2.75, 3.05) is 43.1 Å². The molecule has 222 valence electrons. The van der Waals surface area contributed by atoms with Gasteiger partial charge in [0.25, 0.3) is 11.8 Å². The number of morpholine rings is 1. The van der Waals surface area contributed by atoms with E-state index in [0.29, 0.717) is 38.0 Å². The Morgan fingerprint density at radius 2 is 1.98 bits per heavy atom. The van der Waals surface area contributed by atoms with Crippen molar-refractivity contribution < 1.29 is 18.7 Å². The first-order valence-corrected chi connectivity index (χ1v) is 15.2. The van der Waals surface area contributed by atoms with Crippen molar-refractivity contribution in [3.8, 4) is 0 Å². The van der Waals surface area contributed by atoms with Crippen LogP contribution in [-0.4, -0.2) is 76.0 Å². The van der Waals surface area contributed by atoms with Gasteiger partial charge >= 0.3 is 0 Å². The predicted molar refractivity (Wildman–Crippen MR) is 158 cm³/mol. The van der Waals surface area contributed by atoms with Gasteiger partial charge in [-0.1, -0.05) is 6.07 Å². The molecule has 0 radical (unpaired) electrons. The molecular formula is C29H35FN8O3S. The summed E-state index contributed by atoms with van der Waals surface area (Å²) in [6.07, 6.45) is 5.21.